The molecule has 0 aromatic heterocycles. The Labute approximate surface area is 177 Å². The van der Waals surface area contributed by atoms with E-state index in [9.17, 15) is 14.0 Å². The zero-order valence-corrected chi connectivity index (χ0v) is 17.5. The van der Waals surface area contributed by atoms with Gasteiger partial charge in [-0.3, -0.25) is 9.59 Å². The number of benzene rings is 2. The van der Waals surface area contributed by atoms with Gasteiger partial charge in [-0.1, -0.05) is 24.3 Å². The van der Waals surface area contributed by atoms with Crippen molar-refractivity contribution in [1.82, 2.24) is 10.2 Å². The maximum absolute atomic E-state index is 14.0. The minimum absolute atomic E-state index is 0. The van der Waals surface area contributed by atoms with Crippen molar-refractivity contribution in [2.45, 2.75) is 19.8 Å². The Bertz CT molecular complexity index is 873. The van der Waals surface area contributed by atoms with E-state index in [1.165, 1.54) is 18.2 Å². The van der Waals surface area contributed by atoms with Crippen molar-refractivity contribution in [3.63, 3.8) is 0 Å². The third kappa shape index (κ3) is 5.34. The smallest absolute Gasteiger partial charge is 0.258 e. The summed E-state index contributed by atoms with van der Waals surface area (Å²) in [5, 5.41) is 5.93. The molecule has 1 aliphatic rings. The van der Waals surface area contributed by atoms with E-state index in [2.05, 4.69) is 10.6 Å². The van der Waals surface area contributed by atoms with Crippen molar-refractivity contribution in [3.8, 4) is 0 Å². The molecule has 1 unspecified atom stereocenters. The molecule has 0 bridgehead atoms. The van der Waals surface area contributed by atoms with Crippen LogP contribution in [-0.2, 0) is 0 Å². The fourth-order valence-electron chi connectivity index (χ4n) is 3.71. The van der Waals surface area contributed by atoms with Gasteiger partial charge in [0.2, 0.25) is 0 Å². The van der Waals surface area contributed by atoms with Crippen molar-refractivity contribution in [1.29, 1.82) is 0 Å². The third-order valence-electron chi connectivity index (χ3n) is 5.16. The lowest BCUT2D eigenvalue weighted by Gasteiger charge is -2.33. The highest BCUT2D eigenvalue weighted by Gasteiger charge is 2.26. The van der Waals surface area contributed by atoms with Gasteiger partial charge in [0, 0.05) is 13.1 Å². The first kappa shape index (κ1) is 22.8. The highest BCUT2D eigenvalue weighted by Crippen LogP contribution is 2.26. The number of hydrogen-bond acceptors (Lipinski definition) is 3. The Morgan fingerprint density at radius 2 is 1.86 bits per heavy atom. The number of carbonyl (C=O) groups is 2. The minimum Gasteiger partial charge on any atom is -0.338 e. The summed E-state index contributed by atoms with van der Waals surface area (Å²) in [6.07, 6.45) is 2.05. The molecule has 29 heavy (non-hydrogen) atoms. The maximum atomic E-state index is 14.0. The van der Waals surface area contributed by atoms with Gasteiger partial charge in [0.15, 0.2) is 0 Å². The van der Waals surface area contributed by atoms with Crippen LogP contribution in [0.1, 0.15) is 39.1 Å². The second-order valence-corrected chi connectivity index (χ2v) is 7.25. The molecule has 1 fully saturated rings. The number of anilines is 1. The van der Waals surface area contributed by atoms with E-state index in [1.54, 1.807) is 18.2 Å². The summed E-state index contributed by atoms with van der Waals surface area (Å²) in [6, 6.07) is 11.2. The first-order valence-electron chi connectivity index (χ1n) is 9.60. The van der Waals surface area contributed by atoms with E-state index in [1.807, 2.05) is 24.9 Å². The van der Waals surface area contributed by atoms with Crippen molar-refractivity contribution in [3.05, 3.63) is 65.0 Å². The molecule has 2 amide bonds. The summed E-state index contributed by atoms with van der Waals surface area (Å²) < 4.78 is 14.0. The Morgan fingerprint density at radius 3 is 2.59 bits per heavy atom. The van der Waals surface area contributed by atoms with Crippen molar-refractivity contribution < 1.29 is 14.0 Å². The molecule has 2 aromatic carbocycles. The van der Waals surface area contributed by atoms with Crippen molar-refractivity contribution in [2.75, 3.05) is 32.0 Å². The van der Waals surface area contributed by atoms with Gasteiger partial charge >= 0.3 is 0 Å². The molecule has 0 radical (unpaired) electrons. The lowest BCUT2D eigenvalue weighted by atomic mass is 9.96. The van der Waals surface area contributed by atoms with Crippen LogP contribution in [0, 0.1) is 18.7 Å². The van der Waals surface area contributed by atoms with E-state index < -0.39 is 11.7 Å². The number of amides is 2. The first-order chi connectivity index (χ1) is 13.5. The summed E-state index contributed by atoms with van der Waals surface area (Å²) in [4.78, 5) is 27.6. The molecule has 1 atom stereocenters. The van der Waals surface area contributed by atoms with Crippen LogP contribution in [0.4, 0.5) is 10.1 Å². The molecule has 2 aromatic rings. The number of carbonyl (C=O) groups excluding carboxylic acids is 2. The number of nitrogens with one attached hydrogen (secondary N) is 2. The number of halogens is 2. The van der Waals surface area contributed by atoms with Crippen LogP contribution in [-0.4, -0.2) is 43.4 Å². The number of aryl methyl sites for hydroxylation is 1. The standard InChI is InChI=1S/C22H26FN3O2.ClH/c1-15-7-5-10-18(22(28)26-12-6-8-16(14-26)13-24-2)20(15)25-21(27)17-9-3-4-11-19(17)23;/h3-5,7,9-11,16,24H,6,8,12-14H2,1-2H3,(H,25,27);1H. The van der Waals surface area contributed by atoms with Crippen LogP contribution in [0.2, 0.25) is 0 Å². The summed E-state index contributed by atoms with van der Waals surface area (Å²) in [7, 11) is 1.91. The first-order valence-corrected chi connectivity index (χ1v) is 9.60. The fourth-order valence-corrected chi connectivity index (χ4v) is 3.71. The SMILES string of the molecule is CNCC1CCCN(C(=O)c2cccc(C)c2NC(=O)c2ccccc2F)C1.Cl. The molecule has 156 valence electrons. The largest absolute Gasteiger partial charge is 0.338 e. The molecule has 2 N–H and O–H groups in total. The van der Waals surface area contributed by atoms with E-state index in [0.717, 1.165) is 24.9 Å². The quantitative estimate of drug-likeness (QED) is 0.773. The van der Waals surface area contributed by atoms with Gasteiger partial charge in [-0.15, -0.1) is 12.4 Å². The lowest BCUT2D eigenvalue weighted by molar-refractivity contribution is 0.0675. The predicted octanol–water partition coefficient (Wildman–Crippen LogP) is 3.88. The van der Waals surface area contributed by atoms with Gasteiger partial charge < -0.3 is 15.5 Å². The molecule has 0 aliphatic carbocycles. The Hall–Kier alpha value is -2.44. The molecule has 1 heterocycles. The Balaban J connectivity index is 0.00000300. The Morgan fingerprint density at radius 1 is 1.14 bits per heavy atom. The van der Waals surface area contributed by atoms with Gasteiger partial charge in [0.05, 0.1) is 16.8 Å². The van der Waals surface area contributed by atoms with Gasteiger partial charge in [0.1, 0.15) is 5.82 Å². The van der Waals surface area contributed by atoms with E-state index in [0.29, 0.717) is 30.3 Å². The van der Waals surface area contributed by atoms with Gasteiger partial charge in [-0.25, -0.2) is 4.39 Å². The minimum atomic E-state index is -0.590. The highest BCUT2D eigenvalue weighted by molar-refractivity contribution is 6.09. The number of hydrogen-bond donors (Lipinski definition) is 2. The predicted molar refractivity (Wildman–Crippen MR) is 115 cm³/mol. The average molecular weight is 420 g/mol. The van der Waals surface area contributed by atoms with Gasteiger partial charge in [-0.05, 0) is 63.0 Å². The molecule has 1 saturated heterocycles. The highest BCUT2D eigenvalue weighted by atomic mass is 35.5. The normalized spacial score (nSPS) is 16.1. The molecule has 0 spiro atoms. The average Bonchev–Trinajstić information content (AvgIpc) is 2.69. The lowest BCUT2D eigenvalue weighted by Crippen LogP contribution is -2.42. The molecule has 3 rings (SSSR count). The number of piperidine rings is 1. The topological polar surface area (TPSA) is 61.4 Å². The van der Waals surface area contributed by atoms with Crippen molar-refractivity contribution >= 4 is 29.9 Å². The van der Waals surface area contributed by atoms with E-state index in [-0.39, 0.29) is 23.9 Å². The van der Waals surface area contributed by atoms with Crippen LogP contribution < -0.4 is 10.6 Å². The summed E-state index contributed by atoms with van der Waals surface area (Å²) >= 11 is 0. The Kier molecular flexibility index (Phi) is 8.17. The van der Waals surface area contributed by atoms with Crippen LogP contribution in [0.25, 0.3) is 0 Å². The molecule has 5 nitrogen and oxygen atoms in total. The van der Waals surface area contributed by atoms with E-state index >= 15 is 0 Å². The molecular formula is C22H27ClFN3O2. The van der Waals surface area contributed by atoms with E-state index in [4.69, 9.17) is 0 Å². The van der Waals surface area contributed by atoms with Crippen LogP contribution in [0.15, 0.2) is 42.5 Å². The number of likely N-dealkylation sites (tertiary alicyclic amines) is 1. The van der Waals surface area contributed by atoms with Crippen molar-refractivity contribution in [2.24, 2.45) is 5.92 Å². The number of nitrogens with zero attached hydrogens (tertiary/aromatic N) is 1. The molecule has 1 aliphatic heterocycles. The zero-order valence-electron chi connectivity index (χ0n) is 16.7. The zero-order chi connectivity index (χ0) is 20.1. The van der Waals surface area contributed by atoms with Crippen LogP contribution in [0.5, 0.6) is 0 Å². The number of para-hydroxylation sites is 1. The second-order valence-electron chi connectivity index (χ2n) is 7.25. The fraction of sp³-hybridized carbons (Fsp3) is 0.364. The second kappa shape index (κ2) is 10.4. The molecule has 0 saturated carbocycles. The van der Waals surface area contributed by atoms with Gasteiger partial charge in [0.25, 0.3) is 11.8 Å². The molecule has 7 heteroatoms. The van der Waals surface area contributed by atoms with Crippen LogP contribution in [0.3, 0.4) is 0 Å². The monoisotopic (exact) mass is 419 g/mol. The van der Waals surface area contributed by atoms with Crippen LogP contribution >= 0.6 is 12.4 Å². The summed E-state index contributed by atoms with van der Waals surface area (Å²) in [5.41, 5.74) is 1.60. The van der Waals surface area contributed by atoms with Gasteiger partial charge in [-0.2, -0.15) is 0 Å². The maximum Gasteiger partial charge on any atom is 0.258 e. The summed E-state index contributed by atoms with van der Waals surface area (Å²) in [6.45, 7) is 4.09. The molecular weight excluding hydrogens is 393 g/mol. The summed E-state index contributed by atoms with van der Waals surface area (Å²) in [5.74, 6) is -0.835. The number of rotatable bonds is 5. The third-order valence-corrected chi connectivity index (χ3v) is 5.16.